The normalized spacial score (nSPS) is 12.2. The van der Waals surface area contributed by atoms with Gasteiger partial charge < -0.3 is 11.1 Å². The van der Waals surface area contributed by atoms with E-state index in [0.717, 1.165) is 22.0 Å². The average Bonchev–Trinajstić information content (AvgIpc) is 3.00. The van der Waals surface area contributed by atoms with Crippen LogP contribution in [-0.2, 0) is 4.79 Å². The lowest BCUT2D eigenvalue weighted by atomic mass is 10.1. The molecule has 2 aromatic heterocycles. The summed E-state index contributed by atoms with van der Waals surface area (Å²) in [6, 6.07) is 8.81. The molecule has 1 aromatic carbocycles. The van der Waals surface area contributed by atoms with E-state index in [1.54, 1.807) is 12.4 Å². The molecule has 0 saturated carbocycles. The first kappa shape index (κ1) is 12.8. The zero-order valence-corrected chi connectivity index (χ0v) is 11.4. The van der Waals surface area contributed by atoms with Crippen LogP contribution >= 0.6 is 11.3 Å². The molecular weight excluding hydrogens is 270 g/mol. The lowest BCUT2D eigenvalue weighted by Crippen LogP contribution is -2.27. The number of amides is 1. The number of nitrogens with zero attached hydrogens (tertiary/aromatic N) is 1. The van der Waals surface area contributed by atoms with E-state index in [9.17, 15) is 4.79 Å². The third kappa shape index (κ3) is 2.54. The molecular formula is C15H13N3OS. The molecule has 1 unspecified atom stereocenters. The van der Waals surface area contributed by atoms with Gasteiger partial charge in [0, 0.05) is 23.5 Å². The molecule has 0 saturated heterocycles. The van der Waals surface area contributed by atoms with Gasteiger partial charge in [-0.1, -0.05) is 6.07 Å². The molecule has 3 aromatic rings. The van der Waals surface area contributed by atoms with E-state index in [4.69, 9.17) is 5.73 Å². The van der Waals surface area contributed by atoms with Crippen LogP contribution in [0.1, 0.15) is 11.6 Å². The quantitative estimate of drug-likeness (QED) is 0.776. The lowest BCUT2D eigenvalue weighted by Gasteiger charge is -2.11. The SMILES string of the molecule is NC(C(=O)Nc1ccc2cnccc2c1)c1ccsc1. The van der Waals surface area contributed by atoms with Gasteiger partial charge in [-0.3, -0.25) is 9.78 Å². The molecule has 0 fully saturated rings. The third-order valence-electron chi connectivity index (χ3n) is 3.09. The second-order valence-electron chi connectivity index (χ2n) is 4.46. The molecule has 3 N–H and O–H groups in total. The Balaban J connectivity index is 1.80. The Morgan fingerprint density at radius 1 is 1.25 bits per heavy atom. The van der Waals surface area contributed by atoms with Gasteiger partial charge in [0.2, 0.25) is 5.91 Å². The van der Waals surface area contributed by atoms with Crippen LogP contribution in [0.15, 0.2) is 53.5 Å². The van der Waals surface area contributed by atoms with Crippen molar-refractivity contribution in [2.45, 2.75) is 6.04 Å². The first-order valence-corrected chi connectivity index (χ1v) is 7.10. The highest BCUT2D eigenvalue weighted by Crippen LogP contribution is 2.20. The number of fused-ring (bicyclic) bond motifs is 1. The first-order chi connectivity index (χ1) is 9.74. The summed E-state index contributed by atoms with van der Waals surface area (Å²) in [6.45, 7) is 0. The van der Waals surface area contributed by atoms with Gasteiger partial charge in [-0.25, -0.2) is 0 Å². The number of nitrogens with two attached hydrogens (primary N) is 1. The predicted molar refractivity (Wildman–Crippen MR) is 81.6 cm³/mol. The Kier molecular flexibility index (Phi) is 3.45. The van der Waals surface area contributed by atoms with Crippen LogP contribution in [0, 0.1) is 0 Å². The molecule has 0 aliphatic rings. The summed E-state index contributed by atoms with van der Waals surface area (Å²) in [6.07, 6.45) is 3.52. The number of pyridine rings is 1. The van der Waals surface area contributed by atoms with E-state index in [1.807, 2.05) is 41.1 Å². The number of carbonyl (C=O) groups excluding carboxylic acids is 1. The fourth-order valence-electron chi connectivity index (χ4n) is 1.98. The minimum absolute atomic E-state index is 0.211. The lowest BCUT2D eigenvalue weighted by molar-refractivity contribution is -0.117. The summed E-state index contributed by atoms with van der Waals surface area (Å²) in [5.41, 5.74) is 7.49. The summed E-state index contributed by atoms with van der Waals surface area (Å²) in [5, 5.41) is 8.70. The highest BCUT2D eigenvalue weighted by Gasteiger charge is 2.16. The van der Waals surface area contributed by atoms with Crippen LogP contribution in [-0.4, -0.2) is 10.9 Å². The van der Waals surface area contributed by atoms with E-state index < -0.39 is 6.04 Å². The van der Waals surface area contributed by atoms with Crippen molar-refractivity contribution in [1.29, 1.82) is 0 Å². The molecule has 0 aliphatic carbocycles. The number of anilines is 1. The average molecular weight is 283 g/mol. The number of thiophene rings is 1. The van der Waals surface area contributed by atoms with Crippen molar-refractivity contribution in [2.75, 3.05) is 5.32 Å². The zero-order chi connectivity index (χ0) is 13.9. The first-order valence-electron chi connectivity index (χ1n) is 6.16. The minimum atomic E-state index is -0.644. The zero-order valence-electron chi connectivity index (χ0n) is 10.6. The van der Waals surface area contributed by atoms with E-state index in [0.29, 0.717) is 0 Å². The van der Waals surface area contributed by atoms with Gasteiger partial charge in [-0.15, -0.1) is 0 Å². The van der Waals surface area contributed by atoms with E-state index in [1.165, 1.54) is 11.3 Å². The second kappa shape index (κ2) is 5.40. The summed E-state index contributed by atoms with van der Waals surface area (Å²) in [4.78, 5) is 16.2. The molecule has 0 aliphatic heterocycles. The van der Waals surface area contributed by atoms with Crippen LogP contribution in [0.25, 0.3) is 10.8 Å². The number of nitrogens with one attached hydrogen (secondary N) is 1. The van der Waals surface area contributed by atoms with Crippen molar-refractivity contribution in [3.8, 4) is 0 Å². The molecule has 1 amide bonds. The highest BCUT2D eigenvalue weighted by molar-refractivity contribution is 7.08. The van der Waals surface area contributed by atoms with Gasteiger partial charge in [0.15, 0.2) is 0 Å². The molecule has 0 radical (unpaired) electrons. The molecule has 100 valence electrons. The fourth-order valence-corrected chi connectivity index (χ4v) is 2.68. The van der Waals surface area contributed by atoms with E-state index in [-0.39, 0.29) is 5.91 Å². The van der Waals surface area contributed by atoms with Gasteiger partial charge >= 0.3 is 0 Å². The van der Waals surface area contributed by atoms with Crippen LogP contribution in [0.2, 0.25) is 0 Å². The Hall–Kier alpha value is -2.24. The van der Waals surface area contributed by atoms with Crippen molar-refractivity contribution in [3.05, 3.63) is 59.0 Å². The third-order valence-corrected chi connectivity index (χ3v) is 3.79. The van der Waals surface area contributed by atoms with Crippen molar-refractivity contribution >= 4 is 33.7 Å². The van der Waals surface area contributed by atoms with Crippen molar-refractivity contribution in [1.82, 2.24) is 4.98 Å². The summed E-state index contributed by atoms with van der Waals surface area (Å²) in [7, 11) is 0. The van der Waals surface area contributed by atoms with Crippen LogP contribution in [0.3, 0.4) is 0 Å². The smallest absolute Gasteiger partial charge is 0.245 e. The second-order valence-corrected chi connectivity index (χ2v) is 5.24. The molecule has 0 bridgehead atoms. The Morgan fingerprint density at radius 2 is 2.15 bits per heavy atom. The van der Waals surface area contributed by atoms with Crippen molar-refractivity contribution < 1.29 is 4.79 Å². The standard InChI is InChI=1S/C15H13N3OS/c16-14(12-4-6-20-9-12)15(19)18-13-2-1-11-8-17-5-3-10(11)7-13/h1-9,14H,16H2,(H,18,19). The summed E-state index contributed by atoms with van der Waals surface area (Å²) >= 11 is 1.53. The molecule has 20 heavy (non-hydrogen) atoms. The monoisotopic (exact) mass is 283 g/mol. The Bertz CT molecular complexity index is 740. The molecule has 1 atom stereocenters. The van der Waals surface area contributed by atoms with Gasteiger partial charge in [-0.2, -0.15) is 11.3 Å². The predicted octanol–water partition coefficient (Wildman–Crippen LogP) is 2.93. The molecule has 4 nitrogen and oxygen atoms in total. The maximum absolute atomic E-state index is 12.1. The van der Waals surface area contributed by atoms with Gasteiger partial charge in [-0.05, 0) is 46.0 Å². The van der Waals surface area contributed by atoms with Crippen LogP contribution < -0.4 is 11.1 Å². The molecule has 5 heteroatoms. The van der Waals surface area contributed by atoms with Gasteiger partial charge in [0.05, 0.1) is 0 Å². The van der Waals surface area contributed by atoms with Crippen molar-refractivity contribution in [2.24, 2.45) is 5.73 Å². The molecule has 3 rings (SSSR count). The highest BCUT2D eigenvalue weighted by atomic mass is 32.1. The van der Waals surface area contributed by atoms with Crippen LogP contribution in [0.4, 0.5) is 5.69 Å². The van der Waals surface area contributed by atoms with Crippen LogP contribution in [0.5, 0.6) is 0 Å². The van der Waals surface area contributed by atoms with E-state index in [2.05, 4.69) is 10.3 Å². The maximum atomic E-state index is 12.1. The fraction of sp³-hybridized carbons (Fsp3) is 0.0667. The number of carbonyl (C=O) groups is 1. The van der Waals surface area contributed by atoms with E-state index >= 15 is 0 Å². The minimum Gasteiger partial charge on any atom is -0.324 e. The largest absolute Gasteiger partial charge is 0.324 e. The topological polar surface area (TPSA) is 68.0 Å². The number of rotatable bonds is 3. The Morgan fingerprint density at radius 3 is 2.95 bits per heavy atom. The number of aromatic nitrogens is 1. The summed E-state index contributed by atoms with van der Waals surface area (Å²) < 4.78 is 0. The number of hydrogen-bond donors (Lipinski definition) is 2. The molecule has 2 heterocycles. The molecule has 0 spiro atoms. The maximum Gasteiger partial charge on any atom is 0.245 e. The number of hydrogen-bond acceptors (Lipinski definition) is 4. The van der Waals surface area contributed by atoms with Crippen molar-refractivity contribution in [3.63, 3.8) is 0 Å². The van der Waals surface area contributed by atoms with Gasteiger partial charge in [0.25, 0.3) is 0 Å². The Labute approximate surface area is 120 Å². The van der Waals surface area contributed by atoms with Gasteiger partial charge in [0.1, 0.15) is 6.04 Å². The number of benzene rings is 1. The summed E-state index contributed by atoms with van der Waals surface area (Å²) in [5.74, 6) is -0.211.